The Balaban J connectivity index is 2.51. The maximum Gasteiger partial charge on any atom is 0.427 e. The zero-order chi connectivity index (χ0) is 22.6. The maximum atomic E-state index is 14.0. The van der Waals surface area contributed by atoms with E-state index in [1.807, 2.05) is 0 Å². The van der Waals surface area contributed by atoms with Gasteiger partial charge in [-0.3, -0.25) is 13.9 Å². The molecule has 0 radical (unpaired) electrons. The average molecular weight is 436 g/mol. The number of fused-ring (bicyclic) bond motifs is 1. The molecular formula is C17H14F6N4O3. The van der Waals surface area contributed by atoms with Crippen LogP contribution in [0.5, 0.6) is 5.75 Å². The average Bonchev–Trinajstić information content (AvgIpc) is 2.67. The lowest BCUT2D eigenvalue weighted by molar-refractivity contribution is -0.301. The zero-order valence-electron chi connectivity index (χ0n) is 15.6. The van der Waals surface area contributed by atoms with Crippen LogP contribution in [0.4, 0.5) is 32.2 Å². The predicted octanol–water partition coefficient (Wildman–Crippen LogP) is 2.28. The second kappa shape index (κ2) is 6.64. The maximum absolute atomic E-state index is 14.0. The molecule has 0 amide bonds. The van der Waals surface area contributed by atoms with E-state index in [0.29, 0.717) is 4.57 Å². The molecule has 2 heterocycles. The smallest absolute Gasteiger partial charge is 0.427 e. The molecule has 1 aliphatic rings. The third kappa shape index (κ3) is 2.87. The first-order chi connectivity index (χ1) is 13.8. The molecule has 1 N–H and O–H groups in total. The van der Waals surface area contributed by atoms with Crippen molar-refractivity contribution in [3.8, 4) is 5.75 Å². The SMILES string of the molecule is COc1cccc(C2=NC(C(F)(F)F)(C(F)(F)F)c3c(n(C)c(=O)n(C)c3=O)N2)c1. The van der Waals surface area contributed by atoms with Crippen LogP contribution >= 0.6 is 0 Å². The Morgan fingerprint density at radius 3 is 2.17 bits per heavy atom. The minimum atomic E-state index is -6.05. The Kier molecular flexibility index (Phi) is 4.75. The van der Waals surface area contributed by atoms with Crippen LogP contribution in [0.1, 0.15) is 11.1 Å². The van der Waals surface area contributed by atoms with E-state index in [-0.39, 0.29) is 15.9 Å². The van der Waals surface area contributed by atoms with E-state index in [2.05, 4.69) is 10.3 Å². The van der Waals surface area contributed by atoms with E-state index in [9.17, 15) is 35.9 Å². The summed E-state index contributed by atoms with van der Waals surface area (Å²) in [4.78, 5) is 27.6. The van der Waals surface area contributed by atoms with E-state index in [1.165, 1.54) is 25.3 Å². The van der Waals surface area contributed by atoms with Gasteiger partial charge in [-0.25, -0.2) is 9.79 Å². The molecule has 0 unspecified atom stereocenters. The summed E-state index contributed by atoms with van der Waals surface area (Å²) in [5.74, 6) is -1.64. The van der Waals surface area contributed by atoms with Gasteiger partial charge in [0.1, 0.15) is 23.0 Å². The molecule has 0 atom stereocenters. The van der Waals surface area contributed by atoms with Gasteiger partial charge in [-0.05, 0) is 12.1 Å². The summed E-state index contributed by atoms with van der Waals surface area (Å²) in [6, 6.07) is 5.12. The number of methoxy groups -OCH3 is 1. The van der Waals surface area contributed by atoms with Crippen molar-refractivity contribution in [2.24, 2.45) is 19.1 Å². The Hall–Kier alpha value is -3.25. The standard InChI is InChI=1S/C17H14F6N4O3/c1-26-12-10(13(28)27(2)14(26)29)15(16(18,19)20,17(21,22)23)25-11(24-12)8-5-4-6-9(7-8)30-3/h4-7H,1-3H3,(H,24,25). The summed E-state index contributed by atoms with van der Waals surface area (Å²) in [5, 5.41) is 2.28. The fraction of sp³-hybridized carbons (Fsp3) is 0.353. The molecule has 13 heteroatoms. The molecule has 1 aliphatic heterocycles. The highest BCUT2D eigenvalue weighted by Crippen LogP contribution is 2.55. The van der Waals surface area contributed by atoms with Gasteiger partial charge in [0, 0.05) is 19.7 Å². The Morgan fingerprint density at radius 1 is 1.03 bits per heavy atom. The number of anilines is 1. The number of halogens is 6. The number of benzene rings is 1. The minimum Gasteiger partial charge on any atom is -0.497 e. The highest BCUT2D eigenvalue weighted by Gasteiger charge is 2.75. The van der Waals surface area contributed by atoms with E-state index in [1.54, 1.807) is 0 Å². The summed E-state index contributed by atoms with van der Waals surface area (Å²) in [6.45, 7) is 0. The van der Waals surface area contributed by atoms with Crippen LogP contribution in [0, 0.1) is 0 Å². The summed E-state index contributed by atoms with van der Waals surface area (Å²) in [7, 11) is 2.98. The largest absolute Gasteiger partial charge is 0.497 e. The highest BCUT2D eigenvalue weighted by molar-refractivity contribution is 6.10. The summed E-state index contributed by atoms with van der Waals surface area (Å²) in [5.41, 5.74) is -9.68. The van der Waals surface area contributed by atoms with Crippen LogP contribution < -0.4 is 21.3 Å². The summed E-state index contributed by atoms with van der Waals surface area (Å²) in [6.07, 6.45) is -12.1. The summed E-state index contributed by atoms with van der Waals surface area (Å²) >= 11 is 0. The van der Waals surface area contributed by atoms with Gasteiger partial charge in [0.2, 0.25) is 0 Å². The van der Waals surface area contributed by atoms with Gasteiger partial charge in [-0.2, -0.15) is 26.3 Å². The molecular weight excluding hydrogens is 422 g/mol. The molecule has 30 heavy (non-hydrogen) atoms. The van der Waals surface area contributed by atoms with Gasteiger partial charge in [-0.1, -0.05) is 12.1 Å². The van der Waals surface area contributed by atoms with Gasteiger partial charge in [-0.15, -0.1) is 0 Å². The molecule has 1 aromatic carbocycles. The number of rotatable bonds is 2. The van der Waals surface area contributed by atoms with Crippen molar-refractivity contribution >= 4 is 11.7 Å². The number of aromatic nitrogens is 2. The first kappa shape index (κ1) is 21.5. The topological polar surface area (TPSA) is 77.6 Å². The molecule has 0 bridgehead atoms. The van der Waals surface area contributed by atoms with Gasteiger partial charge < -0.3 is 10.1 Å². The zero-order valence-corrected chi connectivity index (χ0v) is 15.6. The van der Waals surface area contributed by atoms with Crippen LogP contribution in [-0.2, 0) is 19.6 Å². The molecule has 162 valence electrons. The molecule has 7 nitrogen and oxygen atoms in total. The number of nitrogens with zero attached hydrogens (tertiary/aromatic N) is 3. The third-order valence-corrected chi connectivity index (χ3v) is 4.71. The molecule has 0 saturated carbocycles. The van der Waals surface area contributed by atoms with Gasteiger partial charge in [0.25, 0.3) is 11.1 Å². The Labute approximate surface area is 164 Å². The fourth-order valence-corrected chi connectivity index (χ4v) is 3.16. The lowest BCUT2D eigenvalue weighted by atomic mass is 9.87. The number of hydrogen-bond acceptors (Lipinski definition) is 5. The fourth-order valence-electron chi connectivity index (χ4n) is 3.16. The lowest BCUT2D eigenvalue weighted by Crippen LogP contribution is -2.60. The van der Waals surface area contributed by atoms with Crippen molar-refractivity contribution in [3.05, 3.63) is 56.2 Å². The first-order valence-electron chi connectivity index (χ1n) is 8.21. The highest BCUT2D eigenvalue weighted by atomic mass is 19.4. The quantitative estimate of drug-likeness (QED) is 0.733. The van der Waals surface area contributed by atoms with Crippen LogP contribution in [0.2, 0.25) is 0 Å². The minimum absolute atomic E-state index is 0.144. The van der Waals surface area contributed by atoms with Crippen LogP contribution in [0.15, 0.2) is 38.8 Å². The number of amidine groups is 1. The monoisotopic (exact) mass is 436 g/mol. The van der Waals surface area contributed by atoms with Crippen molar-refractivity contribution in [1.82, 2.24) is 9.13 Å². The van der Waals surface area contributed by atoms with Crippen LogP contribution in [0.25, 0.3) is 0 Å². The third-order valence-electron chi connectivity index (χ3n) is 4.71. The van der Waals surface area contributed by atoms with Crippen LogP contribution in [0.3, 0.4) is 0 Å². The molecule has 0 spiro atoms. The second-order valence-corrected chi connectivity index (χ2v) is 6.45. The Bertz CT molecular complexity index is 1150. The lowest BCUT2D eigenvalue weighted by Gasteiger charge is -2.38. The predicted molar refractivity (Wildman–Crippen MR) is 93.9 cm³/mol. The number of hydrogen-bond donors (Lipinski definition) is 1. The van der Waals surface area contributed by atoms with Gasteiger partial charge in [0.05, 0.1) is 7.11 Å². The van der Waals surface area contributed by atoms with E-state index < -0.39 is 46.4 Å². The van der Waals surface area contributed by atoms with Crippen LogP contribution in [-0.4, -0.2) is 34.4 Å². The molecule has 0 aliphatic carbocycles. The molecule has 3 rings (SSSR count). The molecule has 0 fully saturated rings. The summed E-state index contributed by atoms with van der Waals surface area (Å²) < 4.78 is 89.8. The normalized spacial score (nSPS) is 15.8. The van der Waals surface area contributed by atoms with Crippen molar-refractivity contribution in [1.29, 1.82) is 0 Å². The van der Waals surface area contributed by atoms with Crippen molar-refractivity contribution in [3.63, 3.8) is 0 Å². The van der Waals surface area contributed by atoms with E-state index in [0.717, 1.165) is 20.2 Å². The molecule has 1 aromatic heterocycles. The first-order valence-corrected chi connectivity index (χ1v) is 8.21. The Morgan fingerprint density at radius 2 is 1.63 bits per heavy atom. The van der Waals surface area contributed by atoms with E-state index >= 15 is 0 Å². The van der Waals surface area contributed by atoms with Gasteiger partial charge in [0.15, 0.2) is 0 Å². The number of aliphatic imine (C=N–C) groups is 1. The van der Waals surface area contributed by atoms with Gasteiger partial charge >= 0.3 is 18.0 Å². The van der Waals surface area contributed by atoms with E-state index in [4.69, 9.17) is 4.74 Å². The molecule has 2 aromatic rings. The number of nitrogens with one attached hydrogen (secondary N) is 1. The number of ether oxygens (including phenoxy) is 1. The second-order valence-electron chi connectivity index (χ2n) is 6.45. The number of alkyl halides is 6. The van der Waals surface area contributed by atoms with Crippen molar-refractivity contribution < 1.29 is 31.1 Å². The van der Waals surface area contributed by atoms with Crippen molar-refractivity contribution in [2.45, 2.75) is 17.9 Å². The van der Waals surface area contributed by atoms with Crippen molar-refractivity contribution in [2.75, 3.05) is 12.4 Å². The molecule has 0 saturated heterocycles.